The number of halogens is 4. The Hall–Kier alpha value is -0.560. The minimum absolute atomic E-state index is 0.0888. The average molecular weight is 317 g/mol. The first kappa shape index (κ1) is 13.5. The van der Waals surface area contributed by atoms with E-state index in [0.717, 1.165) is 19.2 Å². The fourth-order valence-electron chi connectivity index (χ4n) is 1.33. The van der Waals surface area contributed by atoms with Crippen LogP contribution >= 0.6 is 15.9 Å². The van der Waals surface area contributed by atoms with Gasteiger partial charge < -0.3 is 0 Å². The van der Waals surface area contributed by atoms with Crippen LogP contribution in [-0.2, 0) is 16.0 Å². The lowest BCUT2D eigenvalue weighted by molar-refractivity contribution is -0.138. The van der Waals surface area contributed by atoms with Crippen molar-refractivity contribution in [2.45, 2.75) is 18.0 Å². The second-order valence-corrected chi connectivity index (χ2v) is 6.25. The minimum Gasteiger partial charge on any atom is -0.224 e. The van der Waals surface area contributed by atoms with E-state index < -0.39 is 21.6 Å². The van der Waals surface area contributed by atoms with Gasteiger partial charge in [-0.2, -0.15) is 13.2 Å². The second kappa shape index (κ2) is 4.03. The topological polar surface area (TPSA) is 34.1 Å². The molecule has 0 radical (unpaired) electrons. The Morgan fingerprint density at radius 3 is 2.12 bits per heavy atom. The summed E-state index contributed by atoms with van der Waals surface area (Å²) in [6.07, 6.45) is -3.69. The SMILES string of the molecule is Cc1c(C(F)(F)F)cc(Br)cc1S(C)(=O)=O. The zero-order chi connectivity index (χ0) is 12.7. The largest absolute Gasteiger partial charge is 0.416 e. The molecule has 0 aliphatic rings. The van der Waals surface area contributed by atoms with Crippen molar-refractivity contribution in [1.29, 1.82) is 0 Å². The van der Waals surface area contributed by atoms with Crippen LogP contribution in [0.3, 0.4) is 0 Å². The fourth-order valence-corrected chi connectivity index (χ4v) is 2.95. The molecule has 1 aromatic rings. The zero-order valence-electron chi connectivity index (χ0n) is 8.39. The maximum atomic E-state index is 12.6. The quantitative estimate of drug-likeness (QED) is 0.797. The molecule has 1 aromatic carbocycles. The molecule has 0 saturated carbocycles. The van der Waals surface area contributed by atoms with Crippen LogP contribution in [-0.4, -0.2) is 14.7 Å². The van der Waals surface area contributed by atoms with Gasteiger partial charge in [0.2, 0.25) is 0 Å². The van der Waals surface area contributed by atoms with E-state index in [1.54, 1.807) is 0 Å². The summed E-state index contributed by atoms with van der Waals surface area (Å²) in [7, 11) is -3.67. The van der Waals surface area contributed by atoms with Crippen LogP contribution in [0.5, 0.6) is 0 Å². The molecular weight excluding hydrogens is 309 g/mol. The standard InChI is InChI=1S/C9H8BrF3O2S/c1-5-7(9(11,12)13)3-6(10)4-8(5)16(2,14)15/h3-4H,1-2H3. The normalized spacial score (nSPS) is 12.9. The molecule has 0 aliphatic carbocycles. The summed E-state index contributed by atoms with van der Waals surface area (Å²) in [5.41, 5.74) is -1.22. The summed E-state index contributed by atoms with van der Waals surface area (Å²) in [4.78, 5) is -0.311. The predicted octanol–water partition coefficient (Wildman–Crippen LogP) is 3.18. The molecule has 0 fully saturated rings. The molecule has 90 valence electrons. The minimum atomic E-state index is -4.56. The van der Waals surface area contributed by atoms with Gasteiger partial charge in [0.25, 0.3) is 0 Å². The van der Waals surface area contributed by atoms with Crippen LogP contribution in [0.4, 0.5) is 13.2 Å². The summed E-state index contributed by atoms with van der Waals surface area (Å²) in [6, 6.07) is 2.03. The van der Waals surface area contributed by atoms with Crippen molar-refractivity contribution in [3.05, 3.63) is 27.7 Å². The fraction of sp³-hybridized carbons (Fsp3) is 0.333. The number of alkyl halides is 3. The predicted molar refractivity (Wildman–Crippen MR) is 57.0 cm³/mol. The highest BCUT2D eigenvalue weighted by Crippen LogP contribution is 2.36. The molecule has 7 heteroatoms. The molecule has 2 nitrogen and oxygen atoms in total. The first-order valence-electron chi connectivity index (χ1n) is 4.11. The van der Waals surface area contributed by atoms with Crippen LogP contribution in [0.15, 0.2) is 21.5 Å². The van der Waals surface area contributed by atoms with Crippen LogP contribution < -0.4 is 0 Å². The maximum absolute atomic E-state index is 12.6. The molecule has 0 amide bonds. The van der Waals surface area contributed by atoms with E-state index in [2.05, 4.69) is 15.9 Å². The Balaban J connectivity index is 3.64. The molecule has 0 spiro atoms. The van der Waals surface area contributed by atoms with E-state index in [4.69, 9.17) is 0 Å². The van der Waals surface area contributed by atoms with E-state index in [0.29, 0.717) is 0 Å². The second-order valence-electron chi connectivity index (χ2n) is 3.35. The molecule has 0 N–H and O–H groups in total. The first-order chi connectivity index (χ1) is 7.03. The summed E-state index contributed by atoms with van der Waals surface area (Å²) in [6.45, 7) is 1.14. The van der Waals surface area contributed by atoms with Gasteiger partial charge in [0.05, 0.1) is 10.5 Å². The van der Waals surface area contributed by atoms with Gasteiger partial charge in [-0.1, -0.05) is 15.9 Å². The number of sulfone groups is 1. The van der Waals surface area contributed by atoms with Crippen molar-refractivity contribution in [3.63, 3.8) is 0 Å². The van der Waals surface area contributed by atoms with Gasteiger partial charge >= 0.3 is 6.18 Å². The Kier molecular flexibility index (Phi) is 3.40. The molecule has 0 heterocycles. The van der Waals surface area contributed by atoms with Gasteiger partial charge in [-0.25, -0.2) is 8.42 Å². The number of hydrogen-bond acceptors (Lipinski definition) is 2. The van der Waals surface area contributed by atoms with E-state index in [1.165, 1.54) is 6.07 Å². The number of benzene rings is 1. The monoisotopic (exact) mass is 316 g/mol. The van der Waals surface area contributed by atoms with Crippen molar-refractivity contribution < 1.29 is 21.6 Å². The number of hydrogen-bond donors (Lipinski definition) is 0. The van der Waals surface area contributed by atoms with E-state index in [9.17, 15) is 21.6 Å². The smallest absolute Gasteiger partial charge is 0.224 e. The average Bonchev–Trinajstić information content (AvgIpc) is 2.04. The van der Waals surface area contributed by atoms with Gasteiger partial charge in [0.15, 0.2) is 9.84 Å². The summed E-state index contributed by atoms with van der Waals surface area (Å²) in [5.74, 6) is 0. The van der Waals surface area contributed by atoms with Crippen molar-refractivity contribution in [1.82, 2.24) is 0 Å². The van der Waals surface area contributed by atoms with Gasteiger partial charge in [0, 0.05) is 10.7 Å². The molecule has 0 saturated heterocycles. The van der Waals surface area contributed by atoms with Gasteiger partial charge in [-0.3, -0.25) is 0 Å². The Labute approximate surface area is 99.5 Å². The third kappa shape index (κ3) is 2.76. The van der Waals surface area contributed by atoms with Gasteiger partial charge in [0.1, 0.15) is 0 Å². The molecule has 1 rings (SSSR count). The molecule has 0 bridgehead atoms. The van der Waals surface area contributed by atoms with Crippen LogP contribution in [0.1, 0.15) is 11.1 Å². The van der Waals surface area contributed by atoms with Crippen molar-refractivity contribution in [3.8, 4) is 0 Å². The molecule has 0 atom stereocenters. The van der Waals surface area contributed by atoms with E-state index in [1.807, 2.05) is 0 Å². The molecule has 0 unspecified atom stereocenters. The van der Waals surface area contributed by atoms with Crippen molar-refractivity contribution in [2.75, 3.05) is 6.26 Å². The Bertz CT molecular complexity index is 520. The third-order valence-electron chi connectivity index (χ3n) is 2.03. The lowest BCUT2D eigenvalue weighted by Crippen LogP contribution is -2.11. The highest BCUT2D eigenvalue weighted by molar-refractivity contribution is 9.10. The summed E-state index contributed by atoms with van der Waals surface area (Å²) < 4.78 is 60.4. The molecular formula is C9H8BrF3O2S. The highest BCUT2D eigenvalue weighted by atomic mass is 79.9. The summed E-state index contributed by atoms with van der Waals surface area (Å²) in [5, 5.41) is 0. The third-order valence-corrected chi connectivity index (χ3v) is 3.71. The van der Waals surface area contributed by atoms with Gasteiger partial charge in [-0.05, 0) is 24.6 Å². The van der Waals surface area contributed by atoms with Crippen LogP contribution in [0, 0.1) is 6.92 Å². The van der Waals surface area contributed by atoms with Crippen molar-refractivity contribution >= 4 is 25.8 Å². The van der Waals surface area contributed by atoms with Crippen LogP contribution in [0.25, 0.3) is 0 Å². The lowest BCUT2D eigenvalue weighted by atomic mass is 10.1. The molecule has 16 heavy (non-hydrogen) atoms. The number of rotatable bonds is 1. The van der Waals surface area contributed by atoms with Gasteiger partial charge in [-0.15, -0.1) is 0 Å². The van der Waals surface area contributed by atoms with Crippen LogP contribution in [0.2, 0.25) is 0 Å². The zero-order valence-corrected chi connectivity index (χ0v) is 10.8. The first-order valence-corrected chi connectivity index (χ1v) is 6.79. The Morgan fingerprint density at radius 2 is 1.75 bits per heavy atom. The maximum Gasteiger partial charge on any atom is 0.416 e. The van der Waals surface area contributed by atoms with E-state index >= 15 is 0 Å². The highest BCUT2D eigenvalue weighted by Gasteiger charge is 2.34. The molecule has 0 aliphatic heterocycles. The van der Waals surface area contributed by atoms with E-state index in [-0.39, 0.29) is 14.9 Å². The summed E-state index contributed by atoms with van der Waals surface area (Å²) >= 11 is 2.87. The Morgan fingerprint density at radius 1 is 1.25 bits per heavy atom. The van der Waals surface area contributed by atoms with Crippen molar-refractivity contribution in [2.24, 2.45) is 0 Å². The lowest BCUT2D eigenvalue weighted by Gasteiger charge is -2.13. The molecule has 0 aromatic heterocycles.